The number of hydrogen-bond donors (Lipinski definition) is 2. The number of rotatable bonds is 9. The van der Waals surface area contributed by atoms with E-state index in [0.29, 0.717) is 6.54 Å². The summed E-state index contributed by atoms with van der Waals surface area (Å²) in [6.07, 6.45) is 0.841. The van der Waals surface area contributed by atoms with Gasteiger partial charge in [0, 0.05) is 38.8 Å². The van der Waals surface area contributed by atoms with E-state index in [4.69, 9.17) is 4.74 Å². The lowest BCUT2D eigenvalue weighted by atomic mass is 10.1. The Morgan fingerprint density at radius 3 is 2.32 bits per heavy atom. The smallest absolute Gasteiger partial charge is 0.253 e. The SMILES string of the molecule is CCN(CC)C(=O)c1ccc(CNC(=NC)NCCc2cc(C)ccc2OC)cc1.I. The van der Waals surface area contributed by atoms with Crippen molar-refractivity contribution in [3.63, 3.8) is 0 Å². The van der Waals surface area contributed by atoms with E-state index in [1.807, 2.05) is 49.1 Å². The minimum absolute atomic E-state index is 0. The Kier molecular flexibility index (Phi) is 12.0. The van der Waals surface area contributed by atoms with Crippen molar-refractivity contribution in [3.05, 3.63) is 64.7 Å². The molecule has 0 saturated carbocycles. The summed E-state index contributed by atoms with van der Waals surface area (Å²) in [4.78, 5) is 18.5. The standard InChI is InChI=1S/C24H34N4O2.HI/c1-6-28(7-2)23(29)20-11-9-19(10-12-20)17-27-24(25-4)26-15-14-21-16-18(3)8-13-22(21)30-5;/h8-13,16H,6-7,14-15,17H2,1-5H3,(H2,25,26,27);1H. The molecule has 0 atom stereocenters. The van der Waals surface area contributed by atoms with Gasteiger partial charge in [-0.1, -0.05) is 29.8 Å². The fourth-order valence-electron chi connectivity index (χ4n) is 3.28. The van der Waals surface area contributed by atoms with Gasteiger partial charge < -0.3 is 20.3 Å². The number of nitrogens with one attached hydrogen (secondary N) is 2. The van der Waals surface area contributed by atoms with E-state index >= 15 is 0 Å². The predicted molar refractivity (Wildman–Crippen MR) is 139 cm³/mol. The van der Waals surface area contributed by atoms with Crippen molar-refractivity contribution in [2.24, 2.45) is 4.99 Å². The van der Waals surface area contributed by atoms with Gasteiger partial charge in [0.05, 0.1) is 7.11 Å². The highest BCUT2D eigenvalue weighted by molar-refractivity contribution is 14.0. The van der Waals surface area contributed by atoms with Gasteiger partial charge in [0.25, 0.3) is 5.91 Å². The van der Waals surface area contributed by atoms with Crippen LogP contribution in [-0.4, -0.2) is 50.6 Å². The molecule has 0 aliphatic heterocycles. The summed E-state index contributed by atoms with van der Waals surface area (Å²) in [5, 5.41) is 6.66. The molecule has 6 nitrogen and oxygen atoms in total. The van der Waals surface area contributed by atoms with E-state index < -0.39 is 0 Å². The van der Waals surface area contributed by atoms with Crippen molar-refractivity contribution in [3.8, 4) is 5.75 Å². The van der Waals surface area contributed by atoms with E-state index in [2.05, 4.69) is 34.7 Å². The number of aryl methyl sites for hydroxylation is 1. The summed E-state index contributed by atoms with van der Waals surface area (Å²) in [5.74, 6) is 1.72. The molecule has 0 fully saturated rings. The van der Waals surface area contributed by atoms with Gasteiger partial charge in [-0.2, -0.15) is 0 Å². The highest BCUT2D eigenvalue weighted by Gasteiger charge is 2.12. The number of carbonyl (C=O) groups is 1. The first-order valence-corrected chi connectivity index (χ1v) is 10.5. The zero-order chi connectivity index (χ0) is 21.9. The second-order valence-electron chi connectivity index (χ2n) is 7.09. The Bertz CT molecular complexity index is 849. The lowest BCUT2D eigenvalue weighted by Crippen LogP contribution is -2.37. The summed E-state index contributed by atoms with van der Waals surface area (Å²) in [5.41, 5.74) is 4.21. The minimum atomic E-state index is 0. The van der Waals surface area contributed by atoms with Gasteiger partial charge in [0.15, 0.2) is 5.96 Å². The van der Waals surface area contributed by atoms with Crippen LogP contribution < -0.4 is 15.4 Å². The molecular formula is C24H35IN4O2. The van der Waals surface area contributed by atoms with Crippen LogP contribution in [0, 0.1) is 6.92 Å². The second-order valence-corrected chi connectivity index (χ2v) is 7.09. The predicted octanol–water partition coefficient (Wildman–Crippen LogP) is 4.01. The Balaban J connectivity index is 0.00000480. The molecule has 2 aromatic carbocycles. The molecule has 170 valence electrons. The molecule has 7 heteroatoms. The third-order valence-electron chi connectivity index (χ3n) is 5.06. The lowest BCUT2D eigenvalue weighted by Gasteiger charge is -2.18. The lowest BCUT2D eigenvalue weighted by molar-refractivity contribution is 0.0773. The normalized spacial score (nSPS) is 10.8. The average molecular weight is 538 g/mol. The quantitative estimate of drug-likeness (QED) is 0.288. The van der Waals surface area contributed by atoms with E-state index in [-0.39, 0.29) is 29.9 Å². The first-order valence-electron chi connectivity index (χ1n) is 10.5. The molecule has 0 aromatic heterocycles. The summed E-state index contributed by atoms with van der Waals surface area (Å²) in [6, 6.07) is 13.9. The molecule has 2 rings (SSSR count). The number of amides is 1. The number of methoxy groups -OCH3 is 1. The number of benzene rings is 2. The van der Waals surface area contributed by atoms with Crippen LogP contribution in [-0.2, 0) is 13.0 Å². The highest BCUT2D eigenvalue weighted by Crippen LogP contribution is 2.19. The minimum Gasteiger partial charge on any atom is -0.496 e. The van der Waals surface area contributed by atoms with Crippen molar-refractivity contribution in [1.82, 2.24) is 15.5 Å². The Morgan fingerprint density at radius 2 is 1.74 bits per heavy atom. The van der Waals surface area contributed by atoms with E-state index in [1.54, 1.807) is 14.2 Å². The van der Waals surface area contributed by atoms with Crippen molar-refractivity contribution in [2.45, 2.75) is 33.7 Å². The van der Waals surface area contributed by atoms with Crippen LogP contribution in [0.2, 0.25) is 0 Å². The van der Waals surface area contributed by atoms with Crippen LogP contribution in [0.1, 0.15) is 40.9 Å². The van der Waals surface area contributed by atoms with Crippen molar-refractivity contribution in [2.75, 3.05) is 33.8 Å². The van der Waals surface area contributed by atoms with Gasteiger partial charge >= 0.3 is 0 Å². The largest absolute Gasteiger partial charge is 0.496 e. The summed E-state index contributed by atoms with van der Waals surface area (Å²) >= 11 is 0. The van der Waals surface area contributed by atoms with Gasteiger partial charge in [-0.15, -0.1) is 24.0 Å². The van der Waals surface area contributed by atoms with Crippen LogP contribution in [0.5, 0.6) is 5.75 Å². The highest BCUT2D eigenvalue weighted by atomic mass is 127. The molecule has 0 aliphatic carbocycles. The molecule has 0 spiro atoms. The van der Waals surface area contributed by atoms with E-state index in [1.165, 1.54) is 11.1 Å². The maximum absolute atomic E-state index is 12.4. The average Bonchev–Trinajstić information content (AvgIpc) is 2.77. The second kappa shape index (κ2) is 13.9. The number of ether oxygens (including phenoxy) is 1. The third kappa shape index (κ3) is 8.05. The van der Waals surface area contributed by atoms with Crippen LogP contribution in [0.15, 0.2) is 47.5 Å². The molecule has 0 saturated heterocycles. The molecular weight excluding hydrogens is 503 g/mol. The zero-order valence-corrected chi connectivity index (χ0v) is 21.5. The molecule has 0 unspecified atom stereocenters. The van der Waals surface area contributed by atoms with Crippen molar-refractivity contribution >= 4 is 35.8 Å². The summed E-state index contributed by atoms with van der Waals surface area (Å²) < 4.78 is 5.44. The molecule has 2 aromatic rings. The van der Waals surface area contributed by atoms with Crippen LogP contribution >= 0.6 is 24.0 Å². The van der Waals surface area contributed by atoms with E-state index in [0.717, 1.165) is 48.9 Å². The monoisotopic (exact) mass is 538 g/mol. The van der Waals surface area contributed by atoms with Gasteiger partial charge in [-0.3, -0.25) is 9.79 Å². The number of guanidine groups is 1. The topological polar surface area (TPSA) is 66.0 Å². The summed E-state index contributed by atoms with van der Waals surface area (Å²) in [6.45, 7) is 8.88. The summed E-state index contributed by atoms with van der Waals surface area (Å²) in [7, 11) is 3.46. The number of aliphatic imine (C=N–C) groups is 1. The number of carbonyl (C=O) groups excluding carboxylic acids is 1. The van der Waals surface area contributed by atoms with Gasteiger partial charge in [-0.05, 0) is 56.5 Å². The fraction of sp³-hybridized carbons (Fsp3) is 0.417. The number of halogens is 1. The van der Waals surface area contributed by atoms with Gasteiger partial charge in [0.1, 0.15) is 5.75 Å². The Labute approximate surface area is 203 Å². The molecule has 2 N–H and O–H groups in total. The van der Waals surface area contributed by atoms with E-state index in [9.17, 15) is 4.79 Å². The Morgan fingerprint density at radius 1 is 1.06 bits per heavy atom. The first kappa shape index (κ1) is 26.7. The maximum Gasteiger partial charge on any atom is 0.253 e. The van der Waals surface area contributed by atoms with Crippen molar-refractivity contribution in [1.29, 1.82) is 0 Å². The maximum atomic E-state index is 12.4. The molecule has 0 bridgehead atoms. The molecule has 0 aliphatic rings. The van der Waals surface area contributed by atoms with Gasteiger partial charge in [0.2, 0.25) is 0 Å². The van der Waals surface area contributed by atoms with Gasteiger partial charge in [-0.25, -0.2) is 0 Å². The van der Waals surface area contributed by atoms with Crippen LogP contribution in [0.4, 0.5) is 0 Å². The molecule has 31 heavy (non-hydrogen) atoms. The fourth-order valence-corrected chi connectivity index (χ4v) is 3.28. The Hall–Kier alpha value is -2.29. The first-order chi connectivity index (χ1) is 14.5. The molecule has 0 radical (unpaired) electrons. The molecule has 1 amide bonds. The van der Waals surface area contributed by atoms with Crippen LogP contribution in [0.25, 0.3) is 0 Å². The number of nitrogens with zero attached hydrogens (tertiary/aromatic N) is 2. The van der Waals surface area contributed by atoms with Crippen LogP contribution in [0.3, 0.4) is 0 Å². The third-order valence-corrected chi connectivity index (χ3v) is 5.06. The number of hydrogen-bond acceptors (Lipinski definition) is 3. The van der Waals surface area contributed by atoms with Crippen molar-refractivity contribution < 1.29 is 9.53 Å². The molecule has 0 heterocycles. The zero-order valence-electron chi connectivity index (χ0n) is 19.2.